The summed E-state index contributed by atoms with van der Waals surface area (Å²) in [5.41, 5.74) is 1.24. The molecule has 0 bridgehead atoms. The van der Waals surface area contributed by atoms with Gasteiger partial charge in [0.15, 0.2) is 0 Å². The second-order valence-electron chi connectivity index (χ2n) is 8.86. The number of amides is 1. The van der Waals surface area contributed by atoms with Gasteiger partial charge in [-0.15, -0.1) is 0 Å². The highest BCUT2D eigenvalue weighted by Gasteiger charge is 2.32. The first-order valence-corrected chi connectivity index (χ1v) is 11.7. The average molecular weight is 439 g/mol. The Morgan fingerprint density at radius 3 is 2.34 bits per heavy atom. The lowest BCUT2D eigenvalue weighted by Crippen LogP contribution is -2.47. The standard InChI is InChI=1S/C25H34N4O3/c1-31-22-15-20(16-23(17-22)32-2)7-6-19-8-13-28(14-9-19)24(30)21-5-3-12-29(18-21)25-26-10-4-11-27-25/h4,10-11,15-17,19,21H,3,5-9,12-14,18H2,1-2H3. The van der Waals surface area contributed by atoms with Crippen LogP contribution in [0.1, 0.15) is 37.7 Å². The molecule has 2 aliphatic rings. The molecule has 1 aromatic carbocycles. The number of carbonyl (C=O) groups is 1. The molecular weight excluding hydrogens is 404 g/mol. The summed E-state index contributed by atoms with van der Waals surface area (Å²) >= 11 is 0. The van der Waals surface area contributed by atoms with E-state index in [0.29, 0.717) is 11.8 Å². The fourth-order valence-corrected chi connectivity index (χ4v) is 4.90. The molecule has 2 aliphatic heterocycles. The normalized spacial score (nSPS) is 19.6. The van der Waals surface area contributed by atoms with Crippen LogP contribution in [0, 0.1) is 11.8 Å². The average Bonchev–Trinajstić information content (AvgIpc) is 2.87. The van der Waals surface area contributed by atoms with Gasteiger partial charge in [-0.05, 0) is 68.2 Å². The molecule has 0 N–H and O–H groups in total. The predicted molar refractivity (Wildman–Crippen MR) is 124 cm³/mol. The maximum Gasteiger partial charge on any atom is 0.227 e. The van der Waals surface area contributed by atoms with Crippen LogP contribution in [0.4, 0.5) is 5.95 Å². The maximum absolute atomic E-state index is 13.2. The van der Waals surface area contributed by atoms with Gasteiger partial charge in [0.25, 0.3) is 0 Å². The summed E-state index contributed by atoms with van der Waals surface area (Å²) in [6.07, 6.45) is 9.77. The van der Waals surface area contributed by atoms with Crippen molar-refractivity contribution in [3.05, 3.63) is 42.2 Å². The van der Waals surface area contributed by atoms with Crippen LogP contribution in [0.15, 0.2) is 36.7 Å². The van der Waals surface area contributed by atoms with Crippen LogP contribution in [-0.2, 0) is 11.2 Å². The van der Waals surface area contributed by atoms with Crippen molar-refractivity contribution in [3.63, 3.8) is 0 Å². The summed E-state index contributed by atoms with van der Waals surface area (Å²) in [6.45, 7) is 3.37. The molecule has 0 aliphatic carbocycles. The van der Waals surface area contributed by atoms with Gasteiger partial charge in [-0.3, -0.25) is 4.79 Å². The lowest BCUT2D eigenvalue weighted by molar-refractivity contribution is -0.137. The molecular formula is C25H34N4O3. The number of rotatable bonds is 7. The molecule has 7 heteroatoms. The minimum atomic E-state index is 0.0494. The van der Waals surface area contributed by atoms with Crippen molar-refractivity contribution in [1.82, 2.24) is 14.9 Å². The monoisotopic (exact) mass is 438 g/mol. The number of likely N-dealkylation sites (tertiary alicyclic amines) is 1. The zero-order valence-electron chi connectivity index (χ0n) is 19.2. The highest BCUT2D eigenvalue weighted by atomic mass is 16.5. The Labute approximate surface area is 190 Å². The van der Waals surface area contributed by atoms with Crippen molar-refractivity contribution in [1.29, 1.82) is 0 Å². The summed E-state index contributed by atoms with van der Waals surface area (Å²) in [5, 5.41) is 0. The van der Waals surface area contributed by atoms with Gasteiger partial charge in [0.05, 0.1) is 20.1 Å². The van der Waals surface area contributed by atoms with Crippen LogP contribution >= 0.6 is 0 Å². The van der Waals surface area contributed by atoms with Gasteiger partial charge >= 0.3 is 0 Å². The second kappa shape index (κ2) is 10.7. The third-order valence-electron chi connectivity index (χ3n) is 6.78. The highest BCUT2D eigenvalue weighted by Crippen LogP contribution is 2.28. The van der Waals surface area contributed by atoms with Crippen molar-refractivity contribution in [2.24, 2.45) is 11.8 Å². The molecule has 1 unspecified atom stereocenters. The van der Waals surface area contributed by atoms with Gasteiger partial charge < -0.3 is 19.3 Å². The number of benzene rings is 1. The van der Waals surface area contributed by atoms with Gasteiger partial charge in [-0.25, -0.2) is 9.97 Å². The fourth-order valence-electron chi connectivity index (χ4n) is 4.90. The first-order chi connectivity index (χ1) is 15.7. The van der Waals surface area contributed by atoms with Crippen molar-refractivity contribution in [2.75, 3.05) is 45.3 Å². The quantitative estimate of drug-likeness (QED) is 0.658. The minimum absolute atomic E-state index is 0.0494. The van der Waals surface area contributed by atoms with Crippen LogP contribution in [-0.4, -0.2) is 61.2 Å². The molecule has 0 radical (unpaired) electrons. The van der Waals surface area contributed by atoms with Crippen LogP contribution in [0.25, 0.3) is 0 Å². The van der Waals surface area contributed by atoms with Crippen molar-refractivity contribution >= 4 is 11.9 Å². The third kappa shape index (κ3) is 5.50. The number of hydrogen-bond donors (Lipinski definition) is 0. The molecule has 1 aromatic heterocycles. The first kappa shape index (κ1) is 22.4. The van der Waals surface area contributed by atoms with Crippen molar-refractivity contribution in [2.45, 2.75) is 38.5 Å². The Balaban J connectivity index is 1.26. The summed E-state index contributed by atoms with van der Waals surface area (Å²) < 4.78 is 10.8. The number of anilines is 1. The summed E-state index contributed by atoms with van der Waals surface area (Å²) in [5.74, 6) is 3.41. The molecule has 7 nitrogen and oxygen atoms in total. The Bertz CT molecular complexity index is 862. The summed E-state index contributed by atoms with van der Waals surface area (Å²) in [7, 11) is 3.37. The molecule has 2 fully saturated rings. The second-order valence-corrected chi connectivity index (χ2v) is 8.86. The van der Waals surface area contributed by atoms with E-state index in [-0.39, 0.29) is 5.92 Å². The predicted octanol–water partition coefficient (Wildman–Crippen LogP) is 3.58. The van der Waals surface area contributed by atoms with E-state index in [9.17, 15) is 4.79 Å². The van der Waals surface area contributed by atoms with E-state index >= 15 is 0 Å². The van der Waals surface area contributed by atoms with E-state index in [1.807, 2.05) is 12.1 Å². The molecule has 1 atom stereocenters. The van der Waals surface area contributed by atoms with E-state index in [4.69, 9.17) is 9.47 Å². The van der Waals surface area contributed by atoms with Crippen molar-refractivity contribution in [3.8, 4) is 11.5 Å². The molecule has 4 rings (SSSR count). The number of hydrogen-bond acceptors (Lipinski definition) is 6. The number of piperidine rings is 2. The smallest absolute Gasteiger partial charge is 0.227 e. The van der Waals surface area contributed by atoms with E-state index in [1.165, 1.54) is 5.56 Å². The number of carbonyl (C=O) groups excluding carboxylic acids is 1. The Morgan fingerprint density at radius 1 is 1.00 bits per heavy atom. The van der Waals surface area contributed by atoms with Gasteiger partial charge in [-0.2, -0.15) is 0 Å². The molecule has 172 valence electrons. The van der Waals surface area contributed by atoms with Gasteiger partial charge in [0.1, 0.15) is 11.5 Å². The van der Waals surface area contributed by atoms with Crippen LogP contribution in [0.3, 0.4) is 0 Å². The first-order valence-electron chi connectivity index (χ1n) is 11.7. The minimum Gasteiger partial charge on any atom is -0.497 e. The molecule has 32 heavy (non-hydrogen) atoms. The van der Waals surface area contributed by atoms with E-state index in [0.717, 1.165) is 82.2 Å². The number of aryl methyl sites for hydroxylation is 1. The van der Waals surface area contributed by atoms with Gasteiger partial charge in [0.2, 0.25) is 11.9 Å². The summed E-state index contributed by atoms with van der Waals surface area (Å²) in [4.78, 5) is 26.2. The molecule has 2 aromatic rings. The van der Waals surface area contributed by atoms with E-state index in [1.54, 1.807) is 26.6 Å². The van der Waals surface area contributed by atoms with Crippen molar-refractivity contribution < 1.29 is 14.3 Å². The van der Waals surface area contributed by atoms with Crippen LogP contribution in [0.5, 0.6) is 11.5 Å². The summed E-state index contributed by atoms with van der Waals surface area (Å²) in [6, 6.07) is 7.91. The molecule has 3 heterocycles. The van der Waals surface area contributed by atoms with Crippen LogP contribution < -0.4 is 14.4 Å². The molecule has 2 saturated heterocycles. The lowest BCUT2D eigenvalue weighted by atomic mass is 9.89. The highest BCUT2D eigenvalue weighted by molar-refractivity contribution is 5.79. The fraction of sp³-hybridized carbons (Fsp3) is 0.560. The Morgan fingerprint density at radius 2 is 1.69 bits per heavy atom. The number of methoxy groups -OCH3 is 2. The number of ether oxygens (including phenoxy) is 2. The van der Waals surface area contributed by atoms with E-state index < -0.39 is 0 Å². The Hall–Kier alpha value is -2.83. The lowest BCUT2D eigenvalue weighted by Gasteiger charge is -2.38. The molecule has 0 saturated carbocycles. The number of aromatic nitrogens is 2. The maximum atomic E-state index is 13.2. The zero-order valence-corrected chi connectivity index (χ0v) is 19.2. The topological polar surface area (TPSA) is 67.8 Å². The Kier molecular flexibility index (Phi) is 7.45. The van der Waals surface area contributed by atoms with E-state index in [2.05, 4.69) is 31.9 Å². The van der Waals surface area contributed by atoms with Gasteiger partial charge in [0, 0.05) is 44.6 Å². The van der Waals surface area contributed by atoms with Gasteiger partial charge in [-0.1, -0.05) is 0 Å². The largest absolute Gasteiger partial charge is 0.497 e. The molecule has 0 spiro atoms. The molecule has 1 amide bonds. The number of nitrogens with zero attached hydrogens (tertiary/aromatic N) is 4. The third-order valence-corrected chi connectivity index (χ3v) is 6.78. The van der Waals surface area contributed by atoms with Crippen LogP contribution in [0.2, 0.25) is 0 Å². The zero-order chi connectivity index (χ0) is 22.3. The SMILES string of the molecule is COc1cc(CCC2CCN(C(=O)C3CCCN(c4ncccn4)C3)CC2)cc(OC)c1.